The van der Waals surface area contributed by atoms with E-state index in [0.29, 0.717) is 0 Å². The Bertz CT molecular complexity index is 2510. The lowest BCUT2D eigenvalue weighted by atomic mass is 9.30. The van der Waals surface area contributed by atoms with Crippen LogP contribution in [0.5, 0.6) is 11.5 Å². The highest BCUT2D eigenvalue weighted by Crippen LogP contribution is 2.47. The number of benzene rings is 6. The molecule has 51 heavy (non-hydrogen) atoms. The van der Waals surface area contributed by atoms with Gasteiger partial charge in [-0.3, -0.25) is 0 Å². The van der Waals surface area contributed by atoms with Crippen molar-refractivity contribution in [3.05, 3.63) is 144 Å². The van der Waals surface area contributed by atoms with Crippen LogP contribution in [0, 0.1) is 0 Å². The van der Waals surface area contributed by atoms with E-state index in [4.69, 9.17) is 9.15 Å². The lowest BCUT2D eigenvalue weighted by Gasteiger charge is -2.45. The second kappa shape index (κ2) is 10.9. The van der Waals surface area contributed by atoms with Crippen molar-refractivity contribution in [2.24, 2.45) is 0 Å². The first-order valence-corrected chi connectivity index (χ1v) is 18.2. The first-order chi connectivity index (χ1) is 24.3. The molecule has 0 atom stereocenters. The molecule has 9 rings (SSSR count). The SMILES string of the molecule is CC(C)(C)c1ccc2c(c1)B1c3ccc(N(c4ccccc4)c4cccc5c4oc4ccccc45)cc3C(C)(C)c3c(C(C)(C)C)ccc(c31)O2. The Kier molecular flexibility index (Phi) is 6.78. The van der Waals surface area contributed by atoms with Crippen molar-refractivity contribution in [1.29, 1.82) is 0 Å². The second-order valence-corrected chi connectivity index (χ2v) is 17.0. The lowest BCUT2D eigenvalue weighted by molar-refractivity contribution is 0.479. The maximum Gasteiger partial charge on any atom is 0.251 e. The third kappa shape index (κ3) is 4.79. The number of nitrogens with zero attached hydrogens (tertiary/aromatic N) is 1. The fraction of sp³-hybridized carbons (Fsp3) is 0.234. The molecule has 7 aromatic rings. The molecule has 6 aromatic carbocycles. The molecule has 3 nitrogen and oxygen atoms in total. The quantitative estimate of drug-likeness (QED) is 0.176. The molecule has 0 bridgehead atoms. The van der Waals surface area contributed by atoms with Crippen molar-refractivity contribution in [2.45, 2.75) is 71.6 Å². The van der Waals surface area contributed by atoms with Gasteiger partial charge in [0.25, 0.3) is 6.71 Å². The monoisotopic (exact) mass is 665 g/mol. The third-order valence-electron chi connectivity index (χ3n) is 11.3. The summed E-state index contributed by atoms with van der Waals surface area (Å²) < 4.78 is 13.4. The Morgan fingerprint density at radius 3 is 2.10 bits per heavy atom. The first kappa shape index (κ1) is 31.7. The van der Waals surface area contributed by atoms with Crippen LogP contribution >= 0.6 is 0 Å². The minimum Gasteiger partial charge on any atom is -0.458 e. The highest BCUT2D eigenvalue weighted by atomic mass is 16.5. The van der Waals surface area contributed by atoms with E-state index in [0.717, 1.165) is 50.5 Å². The highest BCUT2D eigenvalue weighted by molar-refractivity contribution is 6.98. The molecule has 0 aliphatic carbocycles. The van der Waals surface area contributed by atoms with E-state index < -0.39 is 0 Å². The number of anilines is 3. The molecule has 3 heterocycles. The van der Waals surface area contributed by atoms with Gasteiger partial charge in [-0.15, -0.1) is 0 Å². The van der Waals surface area contributed by atoms with E-state index in [1.165, 1.54) is 38.6 Å². The van der Waals surface area contributed by atoms with E-state index in [1.807, 2.05) is 6.07 Å². The van der Waals surface area contributed by atoms with Gasteiger partial charge < -0.3 is 14.1 Å². The van der Waals surface area contributed by atoms with E-state index >= 15 is 0 Å². The molecule has 0 unspecified atom stereocenters. The summed E-state index contributed by atoms with van der Waals surface area (Å²) in [5.74, 6) is 1.93. The number of hydrogen-bond acceptors (Lipinski definition) is 3. The Balaban J connectivity index is 1.33. The molecule has 0 radical (unpaired) electrons. The Labute approximate surface area is 302 Å². The molecular weight excluding hydrogens is 621 g/mol. The van der Waals surface area contributed by atoms with Gasteiger partial charge in [0.1, 0.15) is 17.1 Å². The number of hydrogen-bond donors (Lipinski definition) is 0. The number of para-hydroxylation sites is 3. The molecule has 0 saturated carbocycles. The van der Waals surface area contributed by atoms with Crippen LogP contribution in [0.4, 0.5) is 17.1 Å². The van der Waals surface area contributed by atoms with E-state index in [1.54, 1.807) is 0 Å². The average Bonchev–Trinajstić information content (AvgIpc) is 3.49. The molecule has 0 N–H and O–H groups in total. The van der Waals surface area contributed by atoms with E-state index in [9.17, 15) is 0 Å². The minimum absolute atomic E-state index is 0.0138. The molecule has 1 aromatic heterocycles. The van der Waals surface area contributed by atoms with Gasteiger partial charge in [0.05, 0.1) is 5.69 Å². The number of furan rings is 1. The summed E-state index contributed by atoms with van der Waals surface area (Å²) in [4.78, 5) is 2.37. The Morgan fingerprint density at radius 1 is 0.608 bits per heavy atom. The summed E-state index contributed by atoms with van der Waals surface area (Å²) in [5, 5.41) is 2.25. The number of rotatable bonds is 3. The summed E-state index contributed by atoms with van der Waals surface area (Å²) in [6, 6.07) is 44.0. The molecule has 2 aliphatic heterocycles. The van der Waals surface area contributed by atoms with Crippen LogP contribution in [-0.4, -0.2) is 6.71 Å². The van der Waals surface area contributed by atoms with Crippen molar-refractivity contribution in [3.8, 4) is 11.5 Å². The molecule has 4 heteroatoms. The van der Waals surface area contributed by atoms with Crippen molar-refractivity contribution < 1.29 is 9.15 Å². The molecule has 0 spiro atoms. The zero-order chi connectivity index (χ0) is 35.4. The molecule has 0 fully saturated rings. The second-order valence-electron chi connectivity index (χ2n) is 17.0. The maximum absolute atomic E-state index is 6.79. The predicted octanol–water partition coefficient (Wildman–Crippen LogP) is 10.9. The van der Waals surface area contributed by atoms with Gasteiger partial charge >= 0.3 is 0 Å². The van der Waals surface area contributed by atoms with E-state index in [-0.39, 0.29) is 23.0 Å². The lowest BCUT2D eigenvalue weighted by Crippen LogP contribution is -2.63. The molecule has 252 valence electrons. The van der Waals surface area contributed by atoms with Crippen molar-refractivity contribution in [1.82, 2.24) is 0 Å². The van der Waals surface area contributed by atoms with Gasteiger partial charge in [0.2, 0.25) is 0 Å². The maximum atomic E-state index is 6.79. The van der Waals surface area contributed by atoms with Gasteiger partial charge in [-0.2, -0.15) is 0 Å². The van der Waals surface area contributed by atoms with Crippen molar-refractivity contribution in [3.63, 3.8) is 0 Å². The number of fused-ring (bicyclic) bond motifs is 7. The van der Waals surface area contributed by atoms with Crippen LogP contribution in [0.3, 0.4) is 0 Å². The van der Waals surface area contributed by atoms with Gasteiger partial charge in [-0.25, -0.2) is 0 Å². The van der Waals surface area contributed by atoms with Crippen LogP contribution in [0.25, 0.3) is 21.9 Å². The smallest absolute Gasteiger partial charge is 0.251 e. The van der Waals surface area contributed by atoms with Crippen molar-refractivity contribution >= 4 is 62.1 Å². The topological polar surface area (TPSA) is 25.6 Å². The zero-order valence-electron chi connectivity index (χ0n) is 30.9. The van der Waals surface area contributed by atoms with Crippen LogP contribution in [0.2, 0.25) is 0 Å². The van der Waals surface area contributed by atoms with Gasteiger partial charge in [0, 0.05) is 27.6 Å². The standard InChI is InChI=1S/C47H44BNO2/c1-45(2,3)29-21-25-40-37(27-29)48-36-24-22-31(28-35(36)47(7,8)42-34(46(4,5)6)23-26-41(50-40)43(42)48)49(30-15-10-9-11-16-30)38-19-14-18-33-32-17-12-13-20-39(32)51-44(33)38/h9-28H,1-8H3. The fourth-order valence-corrected chi connectivity index (χ4v) is 8.73. The van der Waals surface area contributed by atoms with Gasteiger partial charge in [0.15, 0.2) is 5.58 Å². The minimum atomic E-state index is -0.300. The van der Waals surface area contributed by atoms with Crippen LogP contribution in [0.1, 0.15) is 77.6 Å². The molecule has 0 saturated heterocycles. The largest absolute Gasteiger partial charge is 0.458 e. The Morgan fingerprint density at radius 2 is 1.33 bits per heavy atom. The zero-order valence-corrected chi connectivity index (χ0v) is 30.9. The highest BCUT2D eigenvalue weighted by Gasteiger charge is 2.47. The van der Waals surface area contributed by atoms with Crippen LogP contribution < -0.4 is 26.0 Å². The van der Waals surface area contributed by atoms with Crippen LogP contribution in [-0.2, 0) is 16.2 Å². The third-order valence-corrected chi connectivity index (χ3v) is 11.3. The predicted molar refractivity (Wildman–Crippen MR) is 216 cm³/mol. The molecule has 2 aliphatic rings. The van der Waals surface area contributed by atoms with Crippen molar-refractivity contribution in [2.75, 3.05) is 4.90 Å². The van der Waals surface area contributed by atoms with Gasteiger partial charge in [-0.05, 0) is 92.5 Å². The first-order valence-electron chi connectivity index (χ1n) is 18.2. The summed E-state index contributed by atoms with van der Waals surface area (Å²) in [6.07, 6.45) is 0. The summed E-state index contributed by atoms with van der Waals surface area (Å²) in [7, 11) is 0. The van der Waals surface area contributed by atoms with Gasteiger partial charge in [-0.1, -0.05) is 134 Å². The number of ether oxygens (including phenoxy) is 1. The summed E-state index contributed by atoms with van der Waals surface area (Å²) >= 11 is 0. The summed E-state index contributed by atoms with van der Waals surface area (Å²) in [5.41, 5.74) is 14.0. The normalized spacial score (nSPS) is 14.5. The Hall–Kier alpha value is -5.22. The average molecular weight is 666 g/mol. The van der Waals surface area contributed by atoms with Crippen LogP contribution in [0.15, 0.2) is 126 Å². The molecular formula is C47H44BNO2. The fourth-order valence-electron chi connectivity index (χ4n) is 8.73. The summed E-state index contributed by atoms with van der Waals surface area (Å²) in [6.45, 7) is 18.8. The van der Waals surface area contributed by atoms with E-state index in [2.05, 4.69) is 176 Å². The molecule has 0 amide bonds.